The molecular weight excluding hydrogens is 345 g/mol. The van der Waals surface area contributed by atoms with E-state index in [4.69, 9.17) is 15.2 Å². The highest BCUT2D eigenvalue weighted by Crippen LogP contribution is 2.35. The SMILES string of the molecule is COc1ccc(F)cc1-c1csc(NC(=O)C2(CN)CCOCC2)n1. The van der Waals surface area contributed by atoms with E-state index in [9.17, 15) is 9.18 Å². The Morgan fingerprint density at radius 1 is 1.48 bits per heavy atom. The number of amides is 1. The molecule has 0 saturated carbocycles. The van der Waals surface area contributed by atoms with Gasteiger partial charge in [0, 0.05) is 30.7 Å². The molecule has 1 aromatic heterocycles. The van der Waals surface area contributed by atoms with Crippen LogP contribution in [0.2, 0.25) is 0 Å². The van der Waals surface area contributed by atoms with Crippen LogP contribution in [0.25, 0.3) is 11.3 Å². The molecule has 0 spiro atoms. The van der Waals surface area contributed by atoms with Gasteiger partial charge in [-0.2, -0.15) is 0 Å². The van der Waals surface area contributed by atoms with E-state index in [1.54, 1.807) is 11.4 Å². The molecule has 1 saturated heterocycles. The van der Waals surface area contributed by atoms with Crippen molar-refractivity contribution in [1.82, 2.24) is 4.98 Å². The molecule has 134 valence electrons. The van der Waals surface area contributed by atoms with E-state index in [0.717, 1.165) is 0 Å². The number of nitrogens with one attached hydrogen (secondary N) is 1. The Kier molecular flexibility index (Phi) is 5.31. The first-order valence-electron chi connectivity index (χ1n) is 7.97. The van der Waals surface area contributed by atoms with Crippen molar-refractivity contribution in [2.75, 3.05) is 32.2 Å². The minimum absolute atomic E-state index is 0.148. The Morgan fingerprint density at radius 3 is 2.92 bits per heavy atom. The summed E-state index contributed by atoms with van der Waals surface area (Å²) in [6.07, 6.45) is 1.18. The normalized spacial score (nSPS) is 16.4. The molecule has 0 unspecified atom stereocenters. The molecule has 6 nitrogen and oxygen atoms in total. The van der Waals surface area contributed by atoms with Gasteiger partial charge in [0.05, 0.1) is 18.2 Å². The van der Waals surface area contributed by atoms with Crippen molar-refractivity contribution in [3.05, 3.63) is 29.4 Å². The van der Waals surface area contributed by atoms with Gasteiger partial charge >= 0.3 is 0 Å². The molecule has 1 aliphatic rings. The number of carbonyl (C=O) groups is 1. The van der Waals surface area contributed by atoms with Gasteiger partial charge in [-0.05, 0) is 31.0 Å². The van der Waals surface area contributed by atoms with Crippen LogP contribution in [0.4, 0.5) is 9.52 Å². The van der Waals surface area contributed by atoms with Crippen molar-refractivity contribution in [2.24, 2.45) is 11.1 Å². The first kappa shape index (κ1) is 17.8. The molecule has 3 N–H and O–H groups in total. The summed E-state index contributed by atoms with van der Waals surface area (Å²) in [6, 6.07) is 4.24. The van der Waals surface area contributed by atoms with Crippen LogP contribution in [0, 0.1) is 11.2 Å². The standard InChI is InChI=1S/C17H20FN3O3S/c1-23-14-3-2-11(18)8-12(14)13-9-25-16(20-13)21-15(22)17(10-19)4-6-24-7-5-17/h2-3,8-9H,4-7,10,19H2,1H3,(H,20,21,22). The van der Waals surface area contributed by atoms with E-state index in [1.807, 2.05) is 0 Å². The topological polar surface area (TPSA) is 86.5 Å². The molecule has 1 aromatic carbocycles. The van der Waals surface area contributed by atoms with Crippen molar-refractivity contribution in [2.45, 2.75) is 12.8 Å². The van der Waals surface area contributed by atoms with E-state index >= 15 is 0 Å². The number of hydrogen-bond acceptors (Lipinski definition) is 6. The van der Waals surface area contributed by atoms with Gasteiger partial charge in [0.15, 0.2) is 5.13 Å². The highest BCUT2D eigenvalue weighted by molar-refractivity contribution is 7.14. The number of methoxy groups -OCH3 is 1. The smallest absolute Gasteiger partial charge is 0.233 e. The number of hydrogen-bond donors (Lipinski definition) is 2. The zero-order valence-corrected chi connectivity index (χ0v) is 14.7. The van der Waals surface area contributed by atoms with Crippen LogP contribution in [0.15, 0.2) is 23.6 Å². The molecule has 1 fully saturated rings. The summed E-state index contributed by atoms with van der Waals surface area (Å²) in [5.74, 6) is -0.00322. The number of ether oxygens (including phenoxy) is 2. The predicted octanol–water partition coefficient (Wildman–Crippen LogP) is 2.65. The van der Waals surface area contributed by atoms with E-state index in [0.29, 0.717) is 48.2 Å². The van der Waals surface area contributed by atoms with Crippen LogP contribution in [0.3, 0.4) is 0 Å². The summed E-state index contributed by atoms with van der Waals surface area (Å²) in [5, 5.41) is 5.05. The number of thiazole rings is 1. The number of rotatable bonds is 5. The molecule has 1 amide bonds. The summed E-state index contributed by atoms with van der Waals surface area (Å²) < 4.78 is 24.1. The molecule has 25 heavy (non-hydrogen) atoms. The lowest BCUT2D eigenvalue weighted by Gasteiger charge is -2.34. The molecule has 2 heterocycles. The van der Waals surface area contributed by atoms with Crippen LogP contribution in [-0.2, 0) is 9.53 Å². The van der Waals surface area contributed by atoms with E-state index in [1.165, 1.54) is 30.6 Å². The van der Waals surface area contributed by atoms with Crippen molar-refractivity contribution < 1.29 is 18.7 Å². The summed E-state index contributed by atoms with van der Waals surface area (Å²) in [6.45, 7) is 1.31. The Morgan fingerprint density at radius 2 is 2.24 bits per heavy atom. The Balaban J connectivity index is 1.80. The van der Waals surface area contributed by atoms with Gasteiger partial charge in [-0.1, -0.05) is 0 Å². The summed E-state index contributed by atoms with van der Waals surface area (Å²) in [4.78, 5) is 17.1. The number of benzene rings is 1. The van der Waals surface area contributed by atoms with Crippen LogP contribution in [0.1, 0.15) is 12.8 Å². The number of nitrogens with two attached hydrogens (primary N) is 1. The van der Waals surface area contributed by atoms with E-state index < -0.39 is 5.41 Å². The van der Waals surface area contributed by atoms with Crippen LogP contribution < -0.4 is 15.8 Å². The molecule has 2 aromatic rings. The highest BCUT2D eigenvalue weighted by atomic mass is 32.1. The minimum atomic E-state index is -0.624. The molecule has 0 radical (unpaired) electrons. The first-order valence-corrected chi connectivity index (χ1v) is 8.85. The third-order valence-corrected chi connectivity index (χ3v) is 5.24. The zero-order chi connectivity index (χ0) is 17.9. The van der Waals surface area contributed by atoms with Gasteiger partial charge in [-0.3, -0.25) is 4.79 Å². The van der Waals surface area contributed by atoms with Gasteiger partial charge in [-0.25, -0.2) is 9.37 Å². The second kappa shape index (κ2) is 7.47. The van der Waals surface area contributed by atoms with E-state index in [-0.39, 0.29) is 18.3 Å². The molecular formula is C17H20FN3O3S. The summed E-state index contributed by atoms with van der Waals surface area (Å²) in [5.41, 5.74) is 6.31. The van der Waals surface area contributed by atoms with E-state index in [2.05, 4.69) is 10.3 Å². The molecule has 8 heteroatoms. The third-order valence-electron chi connectivity index (χ3n) is 4.48. The van der Waals surface area contributed by atoms with Gasteiger partial charge in [-0.15, -0.1) is 11.3 Å². The van der Waals surface area contributed by atoms with Crippen LogP contribution in [-0.4, -0.2) is 37.8 Å². The lowest BCUT2D eigenvalue weighted by molar-refractivity contribution is -0.130. The van der Waals surface area contributed by atoms with Crippen molar-refractivity contribution in [3.8, 4) is 17.0 Å². The van der Waals surface area contributed by atoms with Gasteiger partial charge in [0.25, 0.3) is 0 Å². The lowest BCUT2D eigenvalue weighted by Crippen LogP contribution is -2.46. The molecule has 3 rings (SSSR count). The number of halogens is 1. The number of anilines is 1. The first-order chi connectivity index (χ1) is 12.1. The Hall–Kier alpha value is -2.03. The maximum atomic E-state index is 13.5. The summed E-state index contributed by atoms with van der Waals surface area (Å²) in [7, 11) is 1.52. The van der Waals surface area contributed by atoms with Crippen molar-refractivity contribution >= 4 is 22.4 Å². The van der Waals surface area contributed by atoms with Crippen molar-refractivity contribution in [3.63, 3.8) is 0 Å². The predicted molar refractivity (Wildman–Crippen MR) is 94.2 cm³/mol. The second-order valence-corrected chi connectivity index (χ2v) is 6.79. The number of nitrogens with zero attached hydrogens (tertiary/aromatic N) is 1. The molecule has 1 aliphatic heterocycles. The molecule has 0 bridgehead atoms. The fourth-order valence-corrected chi connectivity index (χ4v) is 3.56. The van der Waals surface area contributed by atoms with Gasteiger partial charge in [0.1, 0.15) is 11.6 Å². The zero-order valence-electron chi connectivity index (χ0n) is 13.9. The molecule has 0 atom stereocenters. The quantitative estimate of drug-likeness (QED) is 0.851. The fraction of sp³-hybridized carbons (Fsp3) is 0.412. The Labute approximate surface area is 149 Å². The second-order valence-electron chi connectivity index (χ2n) is 5.93. The monoisotopic (exact) mass is 365 g/mol. The third kappa shape index (κ3) is 3.65. The maximum Gasteiger partial charge on any atom is 0.233 e. The van der Waals surface area contributed by atoms with Gasteiger partial charge < -0.3 is 20.5 Å². The van der Waals surface area contributed by atoms with Crippen molar-refractivity contribution in [1.29, 1.82) is 0 Å². The van der Waals surface area contributed by atoms with Crippen LogP contribution >= 0.6 is 11.3 Å². The maximum absolute atomic E-state index is 13.5. The highest BCUT2D eigenvalue weighted by Gasteiger charge is 2.39. The number of carbonyl (C=O) groups excluding carboxylic acids is 1. The average Bonchev–Trinajstić information content (AvgIpc) is 3.10. The molecule has 0 aliphatic carbocycles. The number of aromatic nitrogens is 1. The summed E-state index contributed by atoms with van der Waals surface area (Å²) >= 11 is 1.28. The lowest BCUT2D eigenvalue weighted by atomic mass is 9.79. The Bertz CT molecular complexity index is 759. The van der Waals surface area contributed by atoms with Gasteiger partial charge in [0.2, 0.25) is 5.91 Å². The average molecular weight is 365 g/mol. The fourth-order valence-electron chi connectivity index (χ4n) is 2.85. The van der Waals surface area contributed by atoms with Crippen LogP contribution in [0.5, 0.6) is 5.75 Å². The largest absolute Gasteiger partial charge is 0.496 e. The minimum Gasteiger partial charge on any atom is -0.496 e.